The molecule has 6 bridgehead atoms. The van der Waals surface area contributed by atoms with E-state index in [1.165, 1.54) is 38.9 Å². The monoisotopic (exact) mass is 670 g/mol. The van der Waals surface area contributed by atoms with Crippen LogP contribution < -0.4 is 16.1 Å². The second-order valence-corrected chi connectivity index (χ2v) is 14.5. The fraction of sp³-hybridized carbons (Fsp3) is 0.104. The lowest BCUT2D eigenvalue weighted by molar-refractivity contribution is 0.892. The molecule has 0 fully saturated rings. The van der Waals surface area contributed by atoms with Gasteiger partial charge in [-0.3, -0.25) is 4.40 Å². The minimum Gasteiger partial charge on any atom is -0.357 e. The third-order valence-electron chi connectivity index (χ3n) is 10.9. The van der Waals surface area contributed by atoms with Crippen LogP contribution in [0.1, 0.15) is 67.6 Å². The summed E-state index contributed by atoms with van der Waals surface area (Å²) in [5, 5.41) is 2.26. The van der Waals surface area contributed by atoms with Crippen LogP contribution in [0.5, 0.6) is 0 Å². The Hall–Kier alpha value is -6.39. The van der Waals surface area contributed by atoms with E-state index in [9.17, 15) is 0 Å². The highest BCUT2D eigenvalue weighted by Crippen LogP contribution is 2.37. The molecule has 4 nitrogen and oxygen atoms in total. The van der Waals surface area contributed by atoms with Crippen LogP contribution in [0.3, 0.4) is 0 Å². The third-order valence-corrected chi connectivity index (χ3v) is 10.9. The van der Waals surface area contributed by atoms with Crippen LogP contribution in [-0.2, 0) is 0 Å². The number of hydrogen-bond acceptors (Lipinski definition) is 1. The van der Waals surface area contributed by atoms with Crippen molar-refractivity contribution >= 4 is 22.7 Å². The lowest BCUT2D eigenvalue weighted by atomic mass is 9.92. The first-order chi connectivity index (χ1) is 25.4. The Morgan fingerprint density at radius 3 is 1.58 bits per heavy atom. The predicted octanol–water partition coefficient (Wildman–Crippen LogP) is 8.83. The number of fused-ring (bicyclic) bond motifs is 5. The molecule has 6 heterocycles. The number of allylic oxidation sites excluding steroid dienone is 1. The predicted molar refractivity (Wildman–Crippen MR) is 212 cm³/mol. The SMILES string of the molecule is Cc1ccc(/C2=C3\C=c4c(-c5ccc(C)cc5)c5cc/c(n5c4=N3)=C(\c3ccc(C)cc3)c3ccc([nH]3)C(c3ccc(C)cc3)c3ccc2[nH]3)cc1. The van der Waals surface area contributed by atoms with Crippen LogP contribution >= 0.6 is 0 Å². The van der Waals surface area contributed by atoms with E-state index in [2.05, 4.69) is 182 Å². The minimum atomic E-state index is -0.0277. The fourth-order valence-electron chi connectivity index (χ4n) is 8.17. The van der Waals surface area contributed by atoms with Crippen molar-refractivity contribution in [3.63, 3.8) is 0 Å². The second kappa shape index (κ2) is 11.6. The lowest BCUT2D eigenvalue weighted by Crippen LogP contribution is -2.31. The number of rotatable bonds is 4. The Balaban J connectivity index is 1.38. The van der Waals surface area contributed by atoms with Gasteiger partial charge in [-0.25, -0.2) is 4.99 Å². The van der Waals surface area contributed by atoms with E-state index in [0.717, 1.165) is 72.3 Å². The van der Waals surface area contributed by atoms with Gasteiger partial charge in [0, 0.05) is 44.7 Å². The van der Waals surface area contributed by atoms with Gasteiger partial charge < -0.3 is 9.97 Å². The summed E-state index contributed by atoms with van der Waals surface area (Å²) in [5.41, 5.74) is 20.6. The second-order valence-electron chi connectivity index (χ2n) is 14.5. The number of aromatic amines is 2. The normalized spacial score (nSPS) is 17.3. The van der Waals surface area contributed by atoms with E-state index in [-0.39, 0.29) is 5.92 Å². The van der Waals surface area contributed by atoms with Crippen molar-refractivity contribution in [1.82, 2.24) is 14.4 Å². The number of aryl methyl sites for hydroxylation is 4. The maximum absolute atomic E-state index is 5.58. The highest BCUT2D eigenvalue weighted by atomic mass is 15.0. The zero-order valence-corrected chi connectivity index (χ0v) is 29.8. The molecule has 1 unspecified atom stereocenters. The summed E-state index contributed by atoms with van der Waals surface area (Å²) in [6.07, 6.45) is 2.31. The molecule has 2 aliphatic heterocycles. The molecule has 10 rings (SSSR count). The molecule has 250 valence electrons. The summed E-state index contributed by atoms with van der Waals surface area (Å²) in [4.78, 5) is 13.5. The molecule has 1 atom stereocenters. The summed E-state index contributed by atoms with van der Waals surface area (Å²) in [6.45, 7) is 8.58. The molecule has 0 radical (unpaired) electrons. The van der Waals surface area contributed by atoms with Gasteiger partial charge in [0.15, 0.2) is 0 Å². The largest absolute Gasteiger partial charge is 0.357 e. The topological polar surface area (TPSA) is 48.4 Å². The first-order valence-corrected chi connectivity index (χ1v) is 18.1. The first-order valence-electron chi connectivity index (χ1n) is 18.1. The molecule has 0 aliphatic carbocycles. The first kappa shape index (κ1) is 30.4. The molecule has 0 saturated heterocycles. The molecule has 0 spiro atoms. The van der Waals surface area contributed by atoms with Crippen LogP contribution in [-0.4, -0.2) is 14.4 Å². The maximum Gasteiger partial charge on any atom is 0.146 e. The van der Waals surface area contributed by atoms with E-state index in [0.29, 0.717) is 0 Å². The van der Waals surface area contributed by atoms with Gasteiger partial charge in [0.25, 0.3) is 0 Å². The number of aromatic nitrogens is 3. The van der Waals surface area contributed by atoms with Crippen molar-refractivity contribution in [2.24, 2.45) is 4.99 Å². The average Bonchev–Trinajstić information content (AvgIpc) is 3.99. The van der Waals surface area contributed by atoms with Crippen molar-refractivity contribution < 1.29 is 0 Å². The summed E-state index contributed by atoms with van der Waals surface area (Å²) < 4.78 is 2.39. The molecule has 4 aromatic carbocycles. The molecule has 0 saturated carbocycles. The zero-order chi connectivity index (χ0) is 35.1. The standard InChI is InChI=1S/C48H38N4/c1-28-5-13-32(14-6-28)44-36-27-41-46(34-17-9-30(3)10-18-34)39-22-21-37(49-39)45(33-15-7-29(2)8-16-33)38-23-24-40(50-38)47(35-19-11-31(4)12-20-35)43-26-25-42(44)52(43)48(36)51-41/h5-27,45,49-50H,1-4H3/b46-41-,47-43-. The van der Waals surface area contributed by atoms with Crippen molar-refractivity contribution in [3.8, 4) is 11.1 Å². The van der Waals surface area contributed by atoms with Crippen molar-refractivity contribution in [2.45, 2.75) is 33.6 Å². The Kier molecular flexibility index (Phi) is 6.78. The molecule has 4 heteroatoms. The Labute approximate surface area is 302 Å². The molecule has 0 amide bonds. The van der Waals surface area contributed by atoms with Crippen molar-refractivity contribution in [1.29, 1.82) is 0 Å². The Bertz CT molecular complexity index is 2890. The van der Waals surface area contributed by atoms with E-state index in [1.807, 2.05) is 0 Å². The zero-order valence-electron chi connectivity index (χ0n) is 29.8. The smallest absolute Gasteiger partial charge is 0.146 e. The Morgan fingerprint density at radius 2 is 1.00 bits per heavy atom. The summed E-state index contributed by atoms with van der Waals surface area (Å²) >= 11 is 0. The van der Waals surface area contributed by atoms with Gasteiger partial charge in [-0.2, -0.15) is 0 Å². The number of benzene rings is 4. The van der Waals surface area contributed by atoms with Crippen molar-refractivity contribution in [2.75, 3.05) is 0 Å². The van der Waals surface area contributed by atoms with Crippen LogP contribution in [0, 0.1) is 27.7 Å². The maximum atomic E-state index is 5.58. The molecule has 4 aromatic heterocycles. The minimum absolute atomic E-state index is 0.0277. The van der Waals surface area contributed by atoms with Gasteiger partial charge in [0.05, 0.1) is 22.5 Å². The third kappa shape index (κ3) is 4.79. The van der Waals surface area contributed by atoms with Crippen LogP contribution in [0.4, 0.5) is 0 Å². The van der Waals surface area contributed by atoms with Crippen LogP contribution in [0.15, 0.2) is 144 Å². The number of nitrogens with one attached hydrogen (secondary N) is 2. The summed E-state index contributed by atoms with van der Waals surface area (Å²) in [6, 6.07) is 49.1. The van der Waals surface area contributed by atoms with Crippen LogP contribution in [0.25, 0.3) is 33.9 Å². The quantitative estimate of drug-likeness (QED) is 0.188. The van der Waals surface area contributed by atoms with E-state index >= 15 is 0 Å². The van der Waals surface area contributed by atoms with Gasteiger partial charge in [0.2, 0.25) is 0 Å². The van der Waals surface area contributed by atoms with E-state index in [1.54, 1.807) is 0 Å². The van der Waals surface area contributed by atoms with Gasteiger partial charge in [-0.15, -0.1) is 0 Å². The van der Waals surface area contributed by atoms with Gasteiger partial charge in [0.1, 0.15) is 5.49 Å². The summed E-state index contributed by atoms with van der Waals surface area (Å²) in [5.74, 6) is -0.0277. The van der Waals surface area contributed by atoms with Crippen LogP contribution in [0.2, 0.25) is 0 Å². The highest BCUT2D eigenvalue weighted by molar-refractivity contribution is 5.91. The molecule has 2 N–H and O–H groups in total. The summed E-state index contributed by atoms with van der Waals surface area (Å²) in [7, 11) is 0. The highest BCUT2D eigenvalue weighted by Gasteiger charge is 2.26. The van der Waals surface area contributed by atoms with Gasteiger partial charge in [-0.1, -0.05) is 119 Å². The van der Waals surface area contributed by atoms with E-state index in [4.69, 9.17) is 4.99 Å². The number of H-pyrrole nitrogens is 2. The average molecular weight is 671 g/mol. The van der Waals surface area contributed by atoms with Crippen molar-refractivity contribution in [3.05, 3.63) is 217 Å². The lowest BCUT2D eigenvalue weighted by Gasteiger charge is -2.17. The number of hydrogen-bond donors (Lipinski definition) is 2. The molecule has 52 heavy (non-hydrogen) atoms. The fourth-order valence-corrected chi connectivity index (χ4v) is 8.17. The Morgan fingerprint density at radius 1 is 0.500 bits per heavy atom. The molecule has 2 aliphatic rings. The molecule has 8 aromatic rings. The molecular weight excluding hydrogens is 633 g/mol. The van der Waals surface area contributed by atoms with E-state index < -0.39 is 0 Å². The molecular formula is C48H38N4. The van der Waals surface area contributed by atoms with Gasteiger partial charge in [-0.05, 0) is 92.4 Å². The van der Waals surface area contributed by atoms with Gasteiger partial charge >= 0.3 is 0 Å². The number of nitrogens with zero attached hydrogens (tertiary/aromatic N) is 2.